The minimum Gasteiger partial charge on any atom is -0.303 e. The summed E-state index contributed by atoms with van der Waals surface area (Å²) >= 11 is 0. The lowest BCUT2D eigenvalue weighted by molar-refractivity contribution is -0.113. The molecule has 140 valence electrons. The van der Waals surface area contributed by atoms with Crippen LogP contribution in [-0.2, 0) is 4.79 Å². The second-order valence-corrected chi connectivity index (χ2v) is 8.88. The number of carbonyl (C=O) groups excluding carboxylic acids is 1. The molecule has 4 unspecified atom stereocenters. The Hall–Kier alpha value is -0.330. The van der Waals surface area contributed by atoms with Crippen molar-refractivity contribution in [2.75, 3.05) is 0 Å². The number of rotatable bonds is 11. The van der Waals surface area contributed by atoms with E-state index in [1.54, 1.807) is 0 Å². The zero-order valence-corrected chi connectivity index (χ0v) is 16.3. The smallest absolute Gasteiger partial charge is 0.123 e. The normalized spacial score (nSPS) is 31.0. The first kappa shape index (κ1) is 20.0. The third-order valence-electron chi connectivity index (χ3n) is 6.94. The first-order valence-electron chi connectivity index (χ1n) is 11.3. The minimum atomic E-state index is 0.390. The maximum Gasteiger partial charge on any atom is 0.123 e. The number of aldehydes is 1. The highest BCUT2D eigenvalue weighted by Crippen LogP contribution is 2.35. The Morgan fingerprint density at radius 1 is 0.750 bits per heavy atom. The Bertz CT molecular complexity index is 324. The number of unbranched alkanes of at least 4 members (excludes halogenated alkanes) is 4. The van der Waals surface area contributed by atoms with Gasteiger partial charge in [0, 0.05) is 5.92 Å². The van der Waals surface area contributed by atoms with Crippen LogP contribution in [0.3, 0.4) is 0 Å². The fourth-order valence-electron chi connectivity index (χ4n) is 5.39. The van der Waals surface area contributed by atoms with Gasteiger partial charge in [-0.1, -0.05) is 90.4 Å². The van der Waals surface area contributed by atoms with Gasteiger partial charge in [-0.2, -0.15) is 0 Å². The van der Waals surface area contributed by atoms with Crippen LogP contribution >= 0.6 is 0 Å². The first-order valence-corrected chi connectivity index (χ1v) is 11.3. The summed E-state index contributed by atoms with van der Waals surface area (Å²) < 4.78 is 0. The van der Waals surface area contributed by atoms with Crippen molar-refractivity contribution in [1.82, 2.24) is 0 Å². The summed E-state index contributed by atoms with van der Waals surface area (Å²) in [6.45, 7) is 2.32. The number of hydrogen-bond acceptors (Lipinski definition) is 1. The average Bonchev–Trinajstić information content (AvgIpc) is 2.63. The molecular weight excluding hydrogens is 292 g/mol. The number of hydrogen-bond donors (Lipinski definition) is 0. The monoisotopic (exact) mass is 334 g/mol. The van der Waals surface area contributed by atoms with E-state index in [9.17, 15) is 4.79 Å². The Balaban J connectivity index is 1.49. The summed E-state index contributed by atoms with van der Waals surface area (Å²) in [6.07, 6.45) is 25.1. The molecule has 2 aliphatic rings. The van der Waals surface area contributed by atoms with E-state index < -0.39 is 0 Å². The zero-order valence-electron chi connectivity index (χ0n) is 16.3. The van der Waals surface area contributed by atoms with Crippen molar-refractivity contribution in [3.63, 3.8) is 0 Å². The molecule has 1 heteroatoms. The largest absolute Gasteiger partial charge is 0.303 e. The Labute approximate surface area is 151 Å². The molecule has 1 nitrogen and oxygen atoms in total. The van der Waals surface area contributed by atoms with E-state index in [2.05, 4.69) is 6.92 Å². The van der Waals surface area contributed by atoms with Gasteiger partial charge in [-0.15, -0.1) is 0 Å². The van der Waals surface area contributed by atoms with Crippen LogP contribution in [0.15, 0.2) is 0 Å². The molecule has 4 atom stereocenters. The van der Waals surface area contributed by atoms with Crippen molar-refractivity contribution >= 4 is 6.29 Å². The van der Waals surface area contributed by atoms with Crippen LogP contribution in [0.4, 0.5) is 0 Å². The average molecular weight is 335 g/mol. The molecule has 0 bridgehead atoms. The summed E-state index contributed by atoms with van der Waals surface area (Å²) in [7, 11) is 0. The summed E-state index contributed by atoms with van der Waals surface area (Å²) in [5, 5.41) is 0. The van der Waals surface area contributed by atoms with Gasteiger partial charge < -0.3 is 4.79 Å². The van der Waals surface area contributed by atoms with Crippen LogP contribution in [-0.4, -0.2) is 6.29 Å². The molecule has 0 aliphatic heterocycles. The molecule has 0 radical (unpaired) electrons. The standard InChI is InChI=1S/C23H42O/c1-2-3-11-20-13-10-14-21(18-20)12-6-4-5-7-15-22-16-8-9-17-23(22)19-24/h19-23H,2-18H2,1H3. The van der Waals surface area contributed by atoms with E-state index >= 15 is 0 Å². The fourth-order valence-corrected chi connectivity index (χ4v) is 5.39. The Kier molecular flexibility index (Phi) is 10.1. The van der Waals surface area contributed by atoms with Crippen molar-refractivity contribution in [3.8, 4) is 0 Å². The van der Waals surface area contributed by atoms with Gasteiger partial charge in [-0.3, -0.25) is 0 Å². The maximum atomic E-state index is 11.2. The van der Waals surface area contributed by atoms with Gasteiger partial charge in [-0.05, 0) is 43.4 Å². The van der Waals surface area contributed by atoms with Gasteiger partial charge >= 0.3 is 0 Å². The Morgan fingerprint density at radius 2 is 1.42 bits per heavy atom. The fraction of sp³-hybridized carbons (Fsp3) is 0.957. The summed E-state index contributed by atoms with van der Waals surface area (Å²) in [5.74, 6) is 3.20. The quantitative estimate of drug-likeness (QED) is 0.285. The molecule has 2 fully saturated rings. The van der Waals surface area contributed by atoms with E-state index in [1.165, 1.54) is 109 Å². The lowest BCUT2D eigenvalue weighted by atomic mass is 9.76. The van der Waals surface area contributed by atoms with E-state index in [-0.39, 0.29) is 0 Å². The number of carbonyl (C=O) groups is 1. The van der Waals surface area contributed by atoms with Crippen molar-refractivity contribution < 1.29 is 4.79 Å². The van der Waals surface area contributed by atoms with Gasteiger partial charge in [0.25, 0.3) is 0 Å². The molecule has 2 saturated carbocycles. The summed E-state index contributed by atoms with van der Waals surface area (Å²) in [5.41, 5.74) is 0. The van der Waals surface area contributed by atoms with Gasteiger partial charge in [-0.25, -0.2) is 0 Å². The molecule has 2 rings (SSSR count). The zero-order chi connectivity index (χ0) is 17.0. The van der Waals surface area contributed by atoms with Crippen LogP contribution in [0, 0.1) is 23.7 Å². The van der Waals surface area contributed by atoms with Crippen LogP contribution in [0.5, 0.6) is 0 Å². The van der Waals surface area contributed by atoms with Gasteiger partial charge in [0.15, 0.2) is 0 Å². The molecule has 0 amide bonds. The lowest BCUT2D eigenvalue weighted by Gasteiger charge is -2.29. The SMILES string of the molecule is CCCCC1CCCC(CCCCCCC2CCCCC2C=O)C1. The topological polar surface area (TPSA) is 17.1 Å². The van der Waals surface area contributed by atoms with Crippen LogP contribution in [0.2, 0.25) is 0 Å². The van der Waals surface area contributed by atoms with Crippen molar-refractivity contribution in [3.05, 3.63) is 0 Å². The van der Waals surface area contributed by atoms with Crippen molar-refractivity contribution in [2.24, 2.45) is 23.7 Å². The predicted molar refractivity (Wildman–Crippen MR) is 104 cm³/mol. The molecular formula is C23H42O. The third-order valence-corrected chi connectivity index (χ3v) is 6.94. The van der Waals surface area contributed by atoms with E-state index in [0.29, 0.717) is 11.8 Å². The summed E-state index contributed by atoms with van der Waals surface area (Å²) in [6, 6.07) is 0. The second-order valence-electron chi connectivity index (χ2n) is 8.88. The van der Waals surface area contributed by atoms with Gasteiger partial charge in [0.05, 0.1) is 0 Å². The molecule has 0 N–H and O–H groups in total. The second kappa shape index (κ2) is 12.1. The van der Waals surface area contributed by atoms with Crippen LogP contribution in [0.1, 0.15) is 116 Å². The Morgan fingerprint density at radius 3 is 2.12 bits per heavy atom. The lowest BCUT2D eigenvalue weighted by Crippen LogP contribution is -2.20. The van der Waals surface area contributed by atoms with Crippen LogP contribution < -0.4 is 0 Å². The molecule has 0 spiro atoms. The first-order chi connectivity index (χ1) is 11.8. The van der Waals surface area contributed by atoms with E-state index in [0.717, 1.165) is 18.3 Å². The predicted octanol–water partition coefficient (Wildman–Crippen LogP) is 7.33. The molecule has 0 aromatic carbocycles. The van der Waals surface area contributed by atoms with E-state index in [4.69, 9.17) is 0 Å². The highest BCUT2D eigenvalue weighted by Gasteiger charge is 2.24. The molecule has 24 heavy (non-hydrogen) atoms. The summed E-state index contributed by atoms with van der Waals surface area (Å²) in [4.78, 5) is 11.2. The van der Waals surface area contributed by atoms with Crippen molar-refractivity contribution in [2.45, 2.75) is 116 Å². The molecule has 0 aromatic rings. The van der Waals surface area contributed by atoms with Crippen molar-refractivity contribution in [1.29, 1.82) is 0 Å². The minimum absolute atomic E-state index is 0.390. The highest BCUT2D eigenvalue weighted by atomic mass is 16.1. The molecule has 0 aromatic heterocycles. The molecule has 0 saturated heterocycles. The highest BCUT2D eigenvalue weighted by molar-refractivity contribution is 5.54. The van der Waals surface area contributed by atoms with E-state index in [1.807, 2.05) is 0 Å². The van der Waals surface area contributed by atoms with Gasteiger partial charge in [0.2, 0.25) is 0 Å². The molecule has 2 aliphatic carbocycles. The molecule has 0 heterocycles. The van der Waals surface area contributed by atoms with Gasteiger partial charge in [0.1, 0.15) is 6.29 Å². The third kappa shape index (κ3) is 7.28. The maximum absolute atomic E-state index is 11.2. The van der Waals surface area contributed by atoms with Crippen LogP contribution in [0.25, 0.3) is 0 Å².